The van der Waals surface area contributed by atoms with Crippen molar-refractivity contribution in [1.29, 1.82) is 0 Å². The molecule has 1 aromatic heterocycles. The van der Waals surface area contributed by atoms with Crippen LogP contribution in [0.5, 0.6) is 0 Å². The number of piperidine rings is 1. The minimum atomic E-state index is 0.719. The summed E-state index contributed by atoms with van der Waals surface area (Å²) in [5.41, 5.74) is 1.05. The van der Waals surface area contributed by atoms with E-state index in [9.17, 15) is 0 Å². The van der Waals surface area contributed by atoms with Crippen LogP contribution in [-0.2, 0) is 6.54 Å². The fourth-order valence-electron chi connectivity index (χ4n) is 3.39. The summed E-state index contributed by atoms with van der Waals surface area (Å²) in [4.78, 5) is 14.2. The third kappa shape index (κ3) is 3.71. The van der Waals surface area contributed by atoms with Gasteiger partial charge in [-0.25, -0.2) is 4.98 Å². The molecule has 0 spiro atoms. The van der Waals surface area contributed by atoms with Crippen LogP contribution in [0.25, 0.3) is 0 Å². The molecule has 0 aliphatic carbocycles. The van der Waals surface area contributed by atoms with E-state index in [0.717, 1.165) is 50.2 Å². The van der Waals surface area contributed by atoms with Crippen molar-refractivity contribution in [3.8, 4) is 0 Å². The summed E-state index contributed by atoms with van der Waals surface area (Å²) in [5.74, 6) is 1.05. The number of nitrogens with zero attached hydrogens (tertiary/aromatic N) is 4. The lowest BCUT2D eigenvalue weighted by Gasteiger charge is -2.44. The Balaban J connectivity index is 1.62. The summed E-state index contributed by atoms with van der Waals surface area (Å²) >= 11 is 0. The molecule has 0 aromatic carbocycles. The lowest BCUT2D eigenvalue weighted by atomic mass is 9.99. The van der Waals surface area contributed by atoms with Crippen molar-refractivity contribution in [3.05, 3.63) is 18.1 Å². The first kappa shape index (κ1) is 14.7. The van der Waals surface area contributed by atoms with E-state index in [0.29, 0.717) is 0 Å². The summed E-state index contributed by atoms with van der Waals surface area (Å²) in [6.07, 6.45) is 9.03. The largest absolute Gasteiger partial charge is 0.352 e. The minimum absolute atomic E-state index is 0.719. The number of anilines is 1. The molecule has 2 saturated heterocycles. The molecule has 5 nitrogen and oxygen atoms in total. The molecule has 0 bridgehead atoms. The van der Waals surface area contributed by atoms with Crippen LogP contribution in [-0.4, -0.2) is 53.6 Å². The number of piperazine rings is 1. The normalized spacial score (nSPS) is 23.1. The van der Waals surface area contributed by atoms with Crippen molar-refractivity contribution in [2.45, 2.75) is 45.2 Å². The molecule has 2 fully saturated rings. The summed E-state index contributed by atoms with van der Waals surface area (Å²) in [6, 6.07) is 0.719. The predicted octanol–water partition coefficient (Wildman–Crippen LogP) is 1.65. The maximum Gasteiger partial charge on any atom is 0.147 e. The Kier molecular flexibility index (Phi) is 5.04. The van der Waals surface area contributed by atoms with Crippen LogP contribution in [0.3, 0.4) is 0 Å². The van der Waals surface area contributed by atoms with Gasteiger partial charge in [0.1, 0.15) is 5.82 Å². The van der Waals surface area contributed by atoms with E-state index in [1.807, 2.05) is 12.4 Å². The van der Waals surface area contributed by atoms with Gasteiger partial charge in [0.05, 0.1) is 11.9 Å². The maximum absolute atomic E-state index is 4.79. The molecule has 1 atom stereocenters. The van der Waals surface area contributed by atoms with Gasteiger partial charge in [-0.2, -0.15) is 0 Å². The van der Waals surface area contributed by atoms with Crippen molar-refractivity contribution in [2.24, 2.45) is 0 Å². The fraction of sp³-hybridized carbons (Fsp3) is 0.750. The van der Waals surface area contributed by atoms with Gasteiger partial charge in [0.2, 0.25) is 0 Å². The molecule has 0 radical (unpaired) electrons. The average Bonchev–Trinajstić information content (AvgIpc) is 2.55. The second-order valence-electron chi connectivity index (χ2n) is 6.18. The smallest absolute Gasteiger partial charge is 0.147 e. The number of aromatic nitrogens is 2. The molecule has 0 saturated carbocycles. The van der Waals surface area contributed by atoms with Crippen LogP contribution in [0, 0.1) is 0 Å². The second-order valence-corrected chi connectivity index (χ2v) is 6.18. The van der Waals surface area contributed by atoms with Gasteiger partial charge < -0.3 is 10.2 Å². The third-order valence-electron chi connectivity index (χ3n) is 4.57. The van der Waals surface area contributed by atoms with E-state index in [1.54, 1.807) is 0 Å². The van der Waals surface area contributed by atoms with Crippen LogP contribution in [0.15, 0.2) is 12.4 Å². The SMILES string of the molecule is CCCNCc1cncc(N2CCN3CCCCC3C2)n1. The van der Waals surface area contributed by atoms with Gasteiger partial charge in [0.25, 0.3) is 0 Å². The lowest BCUT2D eigenvalue weighted by molar-refractivity contribution is 0.133. The number of hydrogen-bond donors (Lipinski definition) is 1. The summed E-state index contributed by atoms with van der Waals surface area (Å²) < 4.78 is 0. The first-order valence-electron chi connectivity index (χ1n) is 8.37. The van der Waals surface area contributed by atoms with E-state index in [4.69, 9.17) is 4.98 Å². The van der Waals surface area contributed by atoms with E-state index >= 15 is 0 Å². The van der Waals surface area contributed by atoms with Gasteiger partial charge in [0, 0.05) is 38.4 Å². The Morgan fingerprint density at radius 2 is 2.19 bits per heavy atom. The van der Waals surface area contributed by atoms with Gasteiger partial charge in [0.15, 0.2) is 0 Å². The quantitative estimate of drug-likeness (QED) is 0.835. The first-order chi connectivity index (χ1) is 10.4. The second kappa shape index (κ2) is 7.18. The highest BCUT2D eigenvalue weighted by Gasteiger charge is 2.29. The van der Waals surface area contributed by atoms with E-state index in [-0.39, 0.29) is 0 Å². The Morgan fingerprint density at radius 3 is 3.10 bits per heavy atom. The van der Waals surface area contributed by atoms with E-state index in [2.05, 4.69) is 27.0 Å². The Hall–Kier alpha value is -1.20. The van der Waals surface area contributed by atoms with Gasteiger partial charge in [-0.15, -0.1) is 0 Å². The minimum Gasteiger partial charge on any atom is -0.352 e. The molecule has 1 aromatic rings. The van der Waals surface area contributed by atoms with Gasteiger partial charge >= 0.3 is 0 Å². The fourth-order valence-corrected chi connectivity index (χ4v) is 3.39. The highest BCUT2D eigenvalue weighted by Crippen LogP contribution is 2.23. The summed E-state index contributed by atoms with van der Waals surface area (Å²) in [6.45, 7) is 8.68. The van der Waals surface area contributed by atoms with Crippen molar-refractivity contribution < 1.29 is 0 Å². The van der Waals surface area contributed by atoms with Gasteiger partial charge in [-0.3, -0.25) is 9.88 Å². The van der Waals surface area contributed by atoms with Crippen LogP contribution in [0.1, 0.15) is 38.3 Å². The number of nitrogens with one attached hydrogen (secondary N) is 1. The van der Waals surface area contributed by atoms with Gasteiger partial charge in [-0.05, 0) is 32.4 Å². The molecule has 116 valence electrons. The monoisotopic (exact) mass is 289 g/mol. The summed E-state index contributed by atoms with van der Waals surface area (Å²) in [5, 5.41) is 3.40. The predicted molar refractivity (Wildman–Crippen MR) is 85.5 cm³/mol. The van der Waals surface area contributed by atoms with E-state index < -0.39 is 0 Å². The molecule has 2 aliphatic heterocycles. The van der Waals surface area contributed by atoms with Crippen LogP contribution in [0.2, 0.25) is 0 Å². The first-order valence-corrected chi connectivity index (χ1v) is 8.37. The standard InChI is InChI=1S/C16H27N5/c1-2-6-17-10-14-11-18-12-16(19-14)21-9-8-20-7-4-3-5-15(20)13-21/h11-12,15,17H,2-10,13H2,1H3. The molecule has 2 aliphatic rings. The number of rotatable bonds is 5. The van der Waals surface area contributed by atoms with Crippen LogP contribution < -0.4 is 10.2 Å². The Morgan fingerprint density at radius 1 is 1.24 bits per heavy atom. The Labute approximate surface area is 127 Å². The summed E-state index contributed by atoms with van der Waals surface area (Å²) in [7, 11) is 0. The topological polar surface area (TPSA) is 44.3 Å². The molecular formula is C16H27N5. The number of fused-ring (bicyclic) bond motifs is 1. The molecule has 3 rings (SSSR count). The van der Waals surface area contributed by atoms with Crippen molar-refractivity contribution in [1.82, 2.24) is 20.2 Å². The molecule has 0 amide bonds. The van der Waals surface area contributed by atoms with Gasteiger partial charge in [-0.1, -0.05) is 13.3 Å². The van der Waals surface area contributed by atoms with Crippen LogP contribution >= 0.6 is 0 Å². The molecule has 1 N–H and O–H groups in total. The molecule has 1 unspecified atom stereocenters. The van der Waals surface area contributed by atoms with Crippen LogP contribution in [0.4, 0.5) is 5.82 Å². The zero-order valence-corrected chi connectivity index (χ0v) is 13.1. The zero-order valence-electron chi connectivity index (χ0n) is 13.1. The van der Waals surface area contributed by atoms with E-state index in [1.165, 1.54) is 32.4 Å². The third-order valence-corrected chi connectivity index (χ3v) is 4.57. The zero-order chi connectivity index (χ0) is 14.5. The lowest BCUT2D eigenvalue weighted by Crippen LogP contribution is -2.55. The Bertz CT molecular complexity index is 450. The van der Waals surface area contributed by atoms with Crippen molar-refractivity contribution in [3.63, 3.8) is 0 Å². The molecule has 21 heavy (non-hydrogen) atoms. The van der Waals surface area contributed by atoms with Crippen molar-refractivity contribution in [2.75, 3.05) is 37.6 Å². The maximum atomic E-state index is 4.79. The average molecular weight is 289 g/mol. The van der Waals surface area contributed by atoms with Crippen molar-refractivity contribution >= 4 is 5.82 Å². The molecule has 3 heterocycles. The highest BCUT2D eigenvalue weighted by molar-refractivity contribution is 5.37. The molecule has 5 heteroatoms. The molecular weight excluding hydrogens is 262 g/mol. The number of hydrogen-bond acceptors (Lipinski definition) is 5. The highest BCUT2D eigenvalue weighted by atomic mass is 15.3.